The minimum absolute atomic E-state index is 0.357. The second-order valence-electron chi connectivity index (χ2n) is 9.95. The van der Waals surface area contributed by atoms with Gasteiger partial charge in [0, 0.05) is 42.7 Å². The highest BCUT2D eigenvalue weighted by Crippen LogP contribution is 2.45. The average molecular weight is 404 g/mol. The molecule has 4 nitrogen and oxygen atoms in total. The van der Waals surface area contributed by atoms with Gasteiger partial charge >= 0.3 is 0 Å². The van der Waals surface area contributed by atoms with Crippen molar-refractivity contribution in [1.82, 2.24) is 14.8 Å². The topological polar surface area (TPSA) is 39.3 Å². The molecule has 0 radical (unpaired) electrons. The highest BCUT2D eigenvalue weighted by atomic mass is 16.2. The standard InChI is InChI=1S/C26H33N3O/c30-25(11-10-19-16-27-23-8-2-1-7-22(19)23)29-13-5-6-18-14-20-15-21(26(18)29)17-28-12-4-3-9-24(20)28/h1-2,7-8,14,16,20-21,24,26-27H,3-6,9-13,15,17H2/t20-,21+,24+,26-/m0/s1. The molecule has 4 aliphatic rings. The molecule has 30 heavy (non-hydrogen) atoms. The first kappa shape index (κ1) is 18.7. The van der Waals surface area contributed by atoms with Crippen LogP contribution < -0.4 is 0 Å². The van der Waals surface area contributed by atoms with Gasteiger partial charge in [0.1, 0.15) is 0 Å². The van der Waals surface area contributed by atoms with E-state index in [1.54, 1.807) is 5.57 Å². The maximum Gasteiger partial charge on any atom is 0.223 e. The number of carbonyl (C=O) groups excluding carboxylic acids is 1. The minimum Gasteiger partial charge on any atom is -0.361 e. The Morgan fingerprint density at radius 3 is 3.03 bits per heavy atom. The number of amides is 1. The fraction of sp³-hybridized carbons (Fsp3) is 0.577. The fourth-order valence-electron chi connectivity index (χ4n) is 6.98. The van der Waals surface area contributed by atoms with Crippen LogP contribution in [-0.2, 0) is 11.2 Å². The van der Waals surface area contributed by atoms with Crippen LogP contribution in [0, 0.1) is 11.8 Å². The lowest BCUT2D eigenvalue weighted by Crippen LogP contribution is -2.60. The van der Waals surface area contributed by atoms with E-state index >= 15 is 0 Å². The van der Waals surface area contributed by atoms with Crippen LogP contribution >= 0.6 is 0 Å². The molecule has 2 aromatic rings. The number of nitrogens with one attached hydrogen (secondary N) is 1. The molecule has 4 heteroatoms. The summed E-state index contributed by atoms with van der Waals surface area (Å²) in [6, 6.07) is 9.55. The van der Waals surface area contributed by atoms with Gasteiger partial charge in [-0.2, -0.15) is 0 Å². The molecule has 1 aromatic carbocycles. The Morgan fingerprint density at radius 2 is 2.07 bits per heavy atom. The molecule has 3 aliphatic heterocycles. The van der Waals surface area contributed by atoms with Crippen LogP contribution in [0.4, 0.5) is 0 Å². The molecular formula is C26H33N3O. The lowest BCUT2D eigenvalue weighted by atomic mass is 9.68. The first-order valence-electron chi connectivity index (χ1n) is 12.1. The van der Waals surface area contributed by atoms with Gasteiger partial charge in [-0.3, -0.25) is 9.69 Å². The average Bonchev–Trinajstić information content (AvgIpc) is 3.20. The van der Waals surface area contributed by atoms with Crippen molar-refractivity contribution in [2.45, 2.75) is 63.5 Å². The molecular weight excluding hydrogens is 370 g/mol. The Balaban J connectivity index is 1.20. The number of nitrogens with zero attached hydrogens (tertiary/aromatic N) is 2. The molecule has 1 aromatic heterocycles. The van der Waals surface area contributed by atoms with Gasteiger partial charge in [0.2, 0.25) is 5.91 Å². The number of carbonyl (C=O) groups is 1. The normalized spacial score (nSPS) is 31.2. The number of hydrogen-bond donors (Lipinski definition) is 1. The van der Waals surface area contributed by atoms with Crippen molar-refractivity contribution in [3.8, 4) is 0 Å². The number of aromatic amines is 1. The van der Waals surface area contributed by atoms with Gasteiger partial charge < -0.3 is 9.88 Å². The Morgan fingerprint density at radius 1 is 1.13 bits per heavy atom. The zero-order valence-corrected chi connectivity index (χ0v) is 17.9. The van der Waals surface area contributed by atoms with Gasteiger partial charge in [-0.15, -0.1) is 0 Å². The van der Waals surface area contributed by atoms with E-state index in [-0.39, 0.29) is 0 Å². The zero-order valence-electron chi connectivity index (χ0n) is 17.9. The quantitative estimate of drug-likeness (QED) is 0.765. The van der Waals surface area contributed by atoms with Crippen LogP contribution in [0.2, 0.25) is 0 Å². The summed E-state index contributed by atoms with van der Waals surface area (Å²) in [6.45, 7) is 3.41. The van der Waals surface area contributed by atoms with E-state index in [9.17, 15) is 4.79 Å². The van der Waals surface area contributed by atoms with Crippen molar-refractivity contribution in [3.05, 3.63) is 47.7 Å². The van der Waals surface area contributed by atoms with Gasteiger partial charge in [-0.25, -0.2) is 0 Å². The molecule has 1 N–H and O–H groups in total. The highest BCUT2D eigenvalue weighted by molar-refractivity contribution is 5.84. The molecule has 4 atom stereocenters. The van der Waals surface area contributed by atoms with Crippen molar-refractivity contribution in [2.24, 2.45) is 11.8 Å². The Bertz CT molecular complexity index is 976. The Hall–Kier alpha value is -2.07. The van der Waals surface area contributed by atoms with Crippen molar-refractivity contribution < 1.29 is 4.79 Å². The largest absolute Gasteiger partial charge is 0.361 e. The number of benzene rings is 1. The number of H-pyrrole nitrogens is 1. The number of rotatable bonds is 3. The van der Waals surface area contributed by atoms with Gasteiger partial charge in [-0.1, -0.05) is 36.3 Å². The van der Waals surface area contributed by atoms with Crippen molar-refractivity contribution in [1.29, 1.82) is 0 Å². The number of para-hydroxylation sites is 1. The highest BCUT2D eigenvalue weighted by Gasteiger charge is 2.46. The maximum absolute atomic E-state index is 13.4. The zero-order chi connectivity index (χ0) is 20.1. The summed E-state index contributed by atoms with van der Waals surface area (Å²) in [7, 11) is 0. The third-order valence-corrected chi connectivity index (χ3v) is 8.26. The number of likely N-dealkylation sites (tertiary alicyclic amines) is 1. The third kappa shape index (κ3) is 3.11. The SMILES string of the molecule is O=C(CCc1c[nH]c2ccccc12)N1CCCC2=C[C@H]3C[C@H](CN4CCCC[C@H]34)[C@H]21. The lowest BCUT2D eigenvalue weighted by Gasteiger charge is -2.54. The summed E-state index contributed by atoms with van der Waals surface area (Å²) in [4.78, 5) is 21.8. The van der Waals surface area contributed by atoms with E-state index in [2.05, 4.69) is 51.3 Å². The van der Waals surface area contributed by atoms with Crippen molar-refractivity contribution in [2.75, 3.05) is 19.6 Å². The number of aryl methyl sites for hydroxylation is 1. The first-order chi connectivity index (χ1) is 14.8. The number of hydrogen-bond acceptors (Lipinski definition) is 2. The maximum atomic E-state index is 13.4. The summed E-state index contributed by atoms with van der Waals surface area (Å²) in [5, 5.41) is 1.26. The molecule has 1 amide bonds. The third-order valence-electron chi connectivity index (χ3n) is 8.26. The van der Waals surface area contributed by atoms with E-state index in [0.717, 1.165) is 31.3 Å². The van der Waals surface area contributed by atoms with Crippen LogP contribution in [0.3, 0.4) is 0 Å². The van der Waals surface area contributed by atoms with E-state index in [4.69, 9.17) is 0 Å². The summed E-state index contributed by atoms with van der Waals surface area (Å²) in [5.41, 5.74) is 4.03. The van der Waals surface area contributed by atoms with Crippen molar-refractivity contribution >= 4 is 16.8 Å². The smallest absolute Gasteiger partial charge is 0.223 e. The molecule has 3 saturated heterocycles. The number of fused-ring (bicyclic) bond motifs is 7. The van der Waals surface area contributed by atoms with Gasteiger partial charge in [0.05, 0.1) is 6.04 Å². The van der Waals surface area contributed by atoms with Crippen molar-refractivity contribution in [3.63, 3.8) is 0 Å². The van der Waals surface area contributed by atoms with Crippen LogP contribution in [-0.4, -0.2) is 52.4 Å². The second kappa shape index (κ2) is 7.56. The molecule has 4 heterocycles. The first-order valence-corrected chi connectivity index (χ1v) is 12.1. The molecule has 0 unspecified atom stereocenters. The van der Waals surface area contributed by atoms with Gasteiger partial charge in [0.25, 0.3) is 0 Å². The van der Waals surface area contributed by atoms with E-state index < -0.39 is 0 Å². The summed E-state index contributed by atoms with van der Waals surface area (Å²) in [6.07, 6.45) is 13.9. The van der Waals surface area contributed by atoms with Gasteiger partial charge in [0.15, 0.2) is 0 Å². The van der Waals surface area contributed by atoms with Crippen LogP contribution in [0.5, 0.6) is 0 Å². The molecule has 158 valence electrons. The van der Waals surface area contributed by atoms with E-state index in [1.165, 1.54) is 61.7 Å². The fourth-order valence-corrected chi connectivity index (χ4v) is 6.98. The Kier molecular flexibility index (Phi) is 4.71. The summed E-state index contributed by atoms with van der Waals surface area (Å²) < 4.78 is 0. The molecule has 1 aliphatic carbocycles. The summed E-state index contributed by atoms with van der Waals surface area (Å²) >= 11 is 0. The van der Waals surface area contributed by atoms with Gasteiger partial charge in [-0.05, 0) is 68.5 Å². The minimum atomic E-state index is 0.357. The molecule has 0 spiro atoms. The molecule has 2 bridgehead atoms. The van der Waals surface area contributed by atoms with E-state index in [0.29, 0.717) is 24.3 Å². The predicted octanol–water partition coefficient (Wildman–Crippen LogP) is 4.52. The molecule has 6 rings (SSSR count). The molecule has 0 saturated carbocycles. The lowest BCUT2D eigenvalue weighted by molar-refractivity contribution is -0.136. The number of aromatic nitrogens is 1. The monoisotopic (exact) mass is 403 g/mol. The van der Waals surface area contributed by atoms with Crippen LogP contribution in [0.1, 0.15) is 50.5 Å². The Labute approximate surface area is 179 Å². The number of piperidine rings is 3. The van der Waals surface area contributed by atoms with Crippen LogP contribution in [0.15, 0.2) is 42.1 Å². The second-order valence-corrected chi connectivity index (χ2v) is 9.95. The van der Waals surface area contributed by atoms with Crippen LogP contribution in [0.25, 0.3) is 10.9 Å². The summed E-state index contributed by atoms with van der Waals surface area (Å²) in [5.74, 6) is 1.73. The van der Waals surface area contributed by atoms with E-state index in [1.807, 2.05) is 0 Å². The molecule has 3 fully saturated rings. The predicted molar refractivity (Wildman–Crippen MR) is 120 cm³/mol.